The summed E-state index contributed by atoms with van der Waals surface area (Å²) in [6.45, 7) is 4.96. The van der Waals surface area contributed by atoms with Crippen molar-refractivity contribution >= 4 is 21.7 Å². The number of rotatable bonds is 9. The SMILES string of the molecule is CC[C@H]1O[C@@](Br)(C(=O)c2ccccc2)[C@H](OCc2ccccc2)[C@@H](OCc2ccccc2)[C@@H]1C. The third-order valence-electron chi connectivity index (χ3n) is 6.40. The van der Waals surface area contributed by atoms with Crippen molar-refractivity contribution in [3.63, 3.8) is 0 Å². The van der Waals surface area contributed by atoms with Gasteiger partial charge in [-0.1, -0.05) is 105 Å². The zero-order chi connectivity index (χ0) is 24.0. The summed E-state index contributed by atoms with van der Waals surface area (Å²) < 4.78 is 18.1. The number of ether oxygens (including phenoxy) is 3. The average Bonchev–Trinajstić information content (AvgIpc) is 2.89. The van der Waals surface area contributed by atoms with E-state index in [1.807, 2.05) is 91.0 Å². The molecule has 0 radical (unpaired) electrons. The van der Waals surface area contributed by atoms with Crippen molar-refractivity contribution in [3.8, 4) is 0 Å². The molecular formula is C29H31BrO4. The Morgan fingerprint density at radius 2 is 1.35 bits per heavy atom. The second kappa shape index (κ2) is 11.4. The number of hydrogen-bond donors (Lipinski definition) is 0. The average molecular weight is 523 g/mol. The highest BCUT2D eigenvalue weighted by Gasteiger charge is 2.57. The predicted molar refractivity (Wildman–Crippen MR) is 137 cm³/mol. The normalized spacial score (nSPS) is 26.8. The van der Waals surface area contributed by atoms with Gasteiger partial charge >= 0.3 is 0 Å². The molecule has 4 rings (SSSR count). The van der Waals surface area contributed by atoms with E-state index >= 15 is 0 Å². The fourth-order valence-corrected chi connectivity index (χ4v) is 5.35. The van der Waals surface area contributed by atoms with Crippen LogP contribution in [0.2, 0.25) is 0 Å². The highest BCUT2D eigenvalue weighted by atomic mass is 79.9. The lowest BCUT2D eigenvalue weighted by molar-refractivity contribution is -0.227. The molecule has 3 aromatic rings. The lowest BCUT2D eigenvalue weighted by atomic mass is 9.84. The molecule has 1 heterocycles. The Labute approximate surface area is 210 Å². The minimum absolute atomic E-state index is 0.0312. The van der Waals surface area contributed by atoms with Crippen molar-refractivity contribution in [2.24, 2.45) is 5.92 Å². The molecule has 1 aliphatic heterocycles. The van der Waals surface area contributed by atoms with Crippen LogP contribution in [0.5, 0.6) is 0 Å². The van der Waals surface area contributed by atoms with Crippen molar-refractivity contribution in [2.75, 3.05) is 0 Å². The Kier molecular flexibility index (Phi) is 8.32. The topological polar surface area (TPSA) is 44.8 Å². The van der Waals surface area contributed by atoms with E-state index in [1.165, 1.54) is 0 Å². The monoisotopic (exact) mass is 522 g/mol. The summed E-state index contributed by atoms with van der Waals surface area (Å²) in [4.78, 5) is 13.8. The van der Waals surface area contributed by atoms with Crippen LogP contribution >= 0.6 is 15.9 Å². The fraction of sp³-hybridized carbons (Fsp3) is 0.345. The van der Waals surface area contributed by atoms with Gasteiger partial charge in [0, 0.05) is 11.5 Å². The van der Waals surface area contributed by atoms with E-state index in [2.05, 4.69) is 29.8 Å². The Bertz CT molecular complexity index is 1040. The van der Waals surface area contributed by atoms with Gasteiger partial charge in [-0.3, -0.25) is 4.79 Å². The van der Waals surface area contributed by atoms with Crippen molar-refractivity contribution in [3.05, 3.63) is 108 Å². The minimum Gasteiger partial charge on any atom is -0.370 e. The maximum absolute atomic E-state index is 13.8. The van der Waals surface area contributed by atoms with Gasteiger partial charge in [0.2, 0.25) is 10.3 Å². The zero-order valence-electron chi connectivity index (χ0n) is 19.6. The molecule has 1 fully saturated rings. The van der Waals surface area contributed by atoms with Gasteiger partial charge in [0.05, 0.1) is 25.4 Å². The Balaban J connectivity index is 1.67. The molecule has 3 aromatic carbocycles. The van der Waals surface area contributed by atoms with Gasteiger partial charge in [-0.05, 0) is 33.5 Å². The van der Waals surface area contributed by atoms with Crippen LogP contribution in [0, 0.1) is 5.92 Å². The summed E-state index contributed by atoms with van der Waals surface area (Å²) in [5.74, 6) is -0.131. The Morgan fingerprint density at radius 3 is 1.88 bits per heavy atom. The van der Waals surface area contributed by atoms with Crippen LogP contribution in [-0.4, -0.2) is 28.6 Å². The summed E-state index contributed by atoms with van der Waals surface area (Å²) >= 11 is 3.74. The number of carbonyl (C=O) groups excluding carboxylic acids is 1. The van der Waals surface area contributed by atoms with Crippen molar-refractivity contribution in [2.45, 2.75) is 56.3 Å². The molecule has 5 atom stereocenters. The summed E-state index contributed by atoms with van der Waals surface area (Å²) in [7, 11) is 0. The van der Waals surface area contributed by atoms with Crippen molar-refractivity contribution in [1.29, 1.82) is 0 Å². The van der Waals surface area contributed by atoms with Gasteiger partial charge in [-0.2, -0.15) is 0 Å². The number of carbonyl (C=O) groups is 1. The molecule has 0 bridgehead atoms. The summed E-state index contributed by atoms with van der Waals surface area (Å²) in [5, 5.41) is 0. The van der Waals surface area contributed by atoms with Crippen molar-refractivity contribution < 1.29 is 19.0 Å². The molecule has 4 nitrogen and oxygen atoms in total. The molecule has 1 saturated heterocycles. The first-order chi connectivity index (χ1) is 16.5. The molecule has 0 amide bonds. The van der Waals surface area contributed by atoms with E-state index in [-0.39, 0.29) is 23.9 Å². The van der Waals surface area contributed by atoms with E-state index in [9.17, 15) is 4.79 Å². The summed E-state index contributed by atoms with van der Waals surface area (Å²) in [6.07, 6.45) is -0.409. The fourth-order valence-electron chi connectivity index (χ4n) is 4.49. The smallest absolute Gasteiger partial charge is 0.214 e. The molecule has 5 heteroatoms. The molecule has 0 N–H and O–H groups in total. The molecular weight excluding hydrogens is 492 g/mol. The highest BCUT2D eigenvalue weighted by Crippen LogP contribution is 2.44. The lowest BCUT2D eigenvalue weighted by Crippen LogP contribution is -2.63. The van der Waals surface area contributed by atoms with Gasteiger partial charge in [-0.15, -0.1) is 0 Å². The molecule has 0 spiro atoms. The van der Waals surface area contributed by atoms with Crippen LogP contribution in [0.4, 0.5) is 0 Å². The molecule has 0 saturated carbocycles. The molecule has 1 aliphatic rings. The number of alkyl halides is 1. The number of ketones is 1. The van der Waals surface area contributed by atoms with Gasteiger partial charge in [0.25, 0.3) is 0 Å². The van der Waals surface area contributed by atoms with E-state index in [0.29, 0.717) is 18.8 Å². The van der Waals surface area contributed by atoms with Crippen LogP contribution in [-0.2, 0) is 27.4 Å². The highest BCUT2D eigenvalue weighted by molar-refractivity contribution is 9.10. The second-order valence-corrected chi connectivity index (χ2v) is 9.92. The van der Waals surface area contributed by atoms with E-state index < -0.39 is 10.6 Å². The van der Waals surface area contributed by atoms with Gasteiger partial charge in [-0.25, -0.2) is 0 Å². The molecule has 0 unspecified atom stereocenters. The van der Waals surface area contributed by atoms with Crippen LogP contribution in [0.1, 0.15) is 41.8 Å². The first-order valence-corrected chi connectivity index (χ1v) is 12.6. The molecule has 178 valence electrons. The molecule has 0 aromatic heterocycles. The summed E-state index contributed by atoms with van der Waals surface area (Å²) in [5.41, 5.74) is 2.67. The van der Waals surface area contributed by atoms with Crippen LogP contribution in [0.15, 0.2) is 91.0 Å². The first-order valence-electron chi connectivity index (χ1n) is 11.8. The van der Waals surface area contributed by atoms with Gasteiger partial charge < -0.3 is 14.2 Å². The number of benzene rings is 3. The van der Waals surface area contributed by atoms with Gasteiger partial charge in [0.1, 0.15) is 6.10 Å². The lowest BCUT2D eigenvalue weighted by Gasteiger charge is -2.49. The third kappa shape index (κ3) is 5.49. The maximum Gasteiger partial charge on any atom is 0.214 e. The maximum atomic E-state index is 13.8. The Morgan fingerprint density at radius 1 is 0.853 bits per heavy atom. The quantitative estimate of drug-likeness (QED) is 0.235. The third-order valence-corrected chi connectivity index (χ3v) is 7.40. The Hall–Kier alpha value is -2.31. The van der Waals surface area contributed by atoms with Crippen LogP contribution < -0.4 is 0 Å². The molecule has 34 heavy (non-hydrogen) atoms. The standard InChI is InChI=1S/C29H31BrO4/c1-3-25-21(2)26(32-19-22-13-7-4-8-14-22)28(33-20-23-15-9-5-10-16-23)29(30,34-25)27(31)24-17-11-6-12-18-24/h4-18,21,25-26,28H,3,19-20H2,1-2H3/t21-,25-,26+,28-,29+/m1/s1. The number of halogens is 1. The van der Waals surface area contributed by atoms with E-state index in [0.717, 1.165) is 17.5 Å². The summed E-state index contributed by atoms with van der Waals surface area (Å²) in [6, 6.07) is 29.2. The van der Waals surface area contributed by atoms with Crippen molar-refractivity contribution in [1.82, 2.24) is 0 Å². The van der Waals surface area contributed by atoms with Crippen LogP contribution in [0.3, 0.4) is 0 Å². The second-order valence-electron chi connectivity index (χ2n) is 8.74. The zero-order valence-corrected chi connectivity index (χ0v) is 21.2. The van der Waals surface area contributed by atoms with Crippen LogP contribution in [0.25, 0.3) is 0 Å². The van der Waals surface area contributed by atoms with E-state index in [1.54, 1.807) is 0 Å². The number of Topliss-reactive ketones (excluding diaryl/α,β-unsaturated/α-hetero) is 1. The largest absolute Gasteiger partial charge is 0.370 e. The first kappa shape index (κ1) is 24.8. The predicted octanol–water partition coefficient (Wildman–Crippen LogP) is 6.58. The molecule has 0 aliphatic carbocycles. The minimum atomic E-state index is -1.36. The van der Waals surface area contributed by atoms with Gasteiger partial charge in [0.15, 0.2) is 0 Å². The van der Waals surface area contributed by atoms with E-state index in [4.69, 9.17) is 14.2 Å². The number of hydrogen-bond acceptors (Lipinski definition) is 4.